The molecule has 17 heavy (non-hydrogen) atoms. The maximum Gasteiger partial charge on any atom is 0.218 e. The molecule has 6 heteroatoms. The smallest absolute Gasteiger partial charge is 0.218 e. The second kappa shape index (κ2) is 5.51. The summed E-state index contributed by atoms with van der Waals surface area (Å²) in [4.78, 5) is 6.21. The first kappa shape index (κ1) is 11.7. The van der Waals surface area contributed by atoms with Gasteiger partial charge in [0.2, 0.25) is 5.96 Å². The number of guanidine groups is 1. The summed E-state index contributed by atoms with van der Waals surface area (Å²) in [5.74, 6) is -0.0240. The lowest BCUT2D eigenvalue weighted by atomic mass is 10.2. The fourth-order valence-electron chi connectivity index (χ4n) is 1.72. The zero-order valence-electron chi connectivity index (χ0n) is 9.47. The Balaban J connectivity index is 2.07. The fraction of sp³-hybridized carbons (Fsp3) is 0.364. The van der Waals surface area contributed by atoms with Crippen molar-refractivity contribution in [1.82, 2.24) is 5.48 Å². The van der Waals surface area contributed by atoms with Crippen LogP contribution in [0.4, 0.5) is 11.4 Å². The van der Waals surface area contributed by atoms with Gasteiger partial charge in [-0.2, -0.15) is 0 Å². The van der Waals surface area contributed by atoms with E-state index in [9.17, 15) is 0 Å². The summed E-state index contributed by atoms with van der Waals surface area (Å²) < 4.78 is 5.30. The fourth-order valence-corrected chi connectivity index (χ4v) is 1.72. The van der Waals surface area contributed by atoms with Crippen molar-refractivity contribution in [2.24, 2.45) is 10.7 Å². The third-order valence-electron chi connectivity index (χ3n) is 2.59. The number of rotatable bonds is 2. The molecule has 1 aromatic rings. The van der Waals surface area contributed by atoms with Gasteiger partial charge in [-0.25, -0.2) is 10.5 Å². The topological polar surface area (TPSA) is 83.1 Å². The second-order valence-corrected chi connectivity index (χ2v) is 3.72. The lowest BCUT2D eigenvalue weighted by Crippen LogP contribution is -2.36. The highest BCUT2D eigenvalue weighted by molar-refractivity contribution is 5.79. The number of nitrogens with two attached hydrogens (primary N) is 1. The van der Waals surface area contributed by atoms with Crippen LogP contribution in [0.15, 0.2) is 29.3 Å². The number of benzene rings is 1. The van der Waals surface area contributed by atoms with Gasteiger partial charge in [-0.1, -0.05) is 0 Å². The van der Waals surface area contributed by atoms with Crippen molar-refractivity contribution in [2.45, 2.75) is 0 Å². The van der Waals surface area contributed by atoms with Crippen LogP contribution in [0.2, 0.25) is 0 Å². The van der Waals surface area contributed by atoms with E-state index in [4.69, 9.17) is 15.7 Å². The van der Waals surface area contributed by atoms with Gasteiger partial charge in [0, 0.05) is 18.8 Å². The molecule has 0 atom stereocenters. The van der Waals surface area contributed by atoms with Gasteiger partial charge in [0.05, 0.1) is 18.9 Å². The molecular weight excluding hydrogens is 220 g/mol. The molecule has 1 aromatic carbocycles. The van der Waals surface area contributed by atoms with Crippen LogP contribution < -0.4 is 16.1 Å². The van der Waals surface area contributed by atoms with Crippen molar-refractivity contribution in [2.75, 3.05) is 31.2 Å². The maximum absolute atomic E-state index is 8.53. The summed E-state index contributed by atoms with van der Waals surface area (Å²) in [5, 5.41) is 8.53. The number of nitrogens with one attached hydrogen (secondary N) is 1. The van der Waals surface area contributed by atoms with E-state index in [1.165, 1.54) is 0 Å². The maximum atomic E-state index is 8.53. The molecule has 92 valence electrons. The van der Waals surface area contributed by atoms with Crippen LogP contribution in [0.25, 0.3) is 0 Å². The molecule has 1 saturated heterocycles. The number of hydrogen-bond donors (Lipinski definition) is 3. The summed E-state index contributed by atoms with van der Waals surface area (Å²) in [5.41, 5.74) is 8.98. The number of hydroxylamine groups is 1. The number of hydrogen-bond acceptors (Lipinski definition) is 4. The quantitative estimate of drug-likeness (QED) is 0.394. The highest BCUT2D eigenvalue weighted by Gasteiger charge is 2.10. The molecule has 0 unspecified atom stereocenters. The molecule has 0 bridgehead atoms. The summed E-state index contributed by atoms with van der Waals surface area (Å²) in [6.07, 6.45) is 0. The standard InChI is InChI=1S/C11H16N4O2/c12-11(14-16)13-9-1-3-10(4-2-9)15-5-7-17-8-6-15/h1-4,16H,5-8H2,(H3,12,13,14). The third kappa shape index (κ3) is 3.08. The summed E-state index contributed by atoms with van der Waals surface area (Å²) in [6.45, 7) is 3.34. The average molecular weight is 236 g/mol. The van der Waals surface area contributed by atoms with Crippen molar-refractivity contribution >= 4 is 17.3 Å². The molecule has 6 nitrogen and oxygen atoms in total. The van der Waals surface area contributed by atoms with Crippen LogP contribution in [0.5, 0.6) is 0 Å². The average Bonchev–Trinajstić information content (AvgIpc) is 2.40. The Morgan fingerprint density at radius 3 is 2.53 bits per heavy atom. The van der Waals surface area contributed by atoms with Crippen LogP contribution in [0, 0.1) is 0 Å². The third-order valence-corrected chi connectivity index (χ3v) is 2.59. The van der Waals surface area contributed by atoms with E-state index in [0.29, 0.717) is 5.69 Å². The summed E-state index contributed by atoms with van der Waals surface area (Å²) in [6, 6.07) is 7.67. The Morgan fingerprint density at radius 2 is 1.94 bits per heavy atom. The molecule has 4 N–H and O–H groups in total. The van der Waals surface area contributed by atoms with Crippen molar-refractivity contribution in [3.8, 4) is 0 Å². The van der Waals surface area contributed by atoms with Crippen molar-refractivity contribution in [3.05, 3.63) is 24.3 Å². The number of morpholine rings is 1. The minimum atomic E-state index is -0.0240. The van der Waals surface area contributed by atoms with E-state index in [0.717, 1.165) is 32.0 Å². The van der Waals surface area contributed by atoms with Crippen LogP contribution in [0.3, 0.4) is 0 Å². The predicted molar refractivity (Wildman–Crippen MR) is 65.7 cm³/mol. The summed E-state index contributed by atoms with van der Waals surface area (Å²) >= 11 is 0. The van der Waals surface area contributed by atoms with Crippen LogP contribution in [-0.4, -0.2) is 37.5 Å². The molecule has 0 saturated carbocycles. The first-order chi connectivity index (χ1) is 8.29. The van der Waals surface area contributed by atoms with Gasteiger partial charge >= 0.3 is 0 Å². The Morgan fingerprint density at radius 1 is 1.29 bits per heavy atom. The molecule has 0 radical (unpaired) electrons. The largest absolute Gasteiger partial charge is 0.378 e. The molecule has 0 amide bonds. The van der Waals surface area contributed by atoms with Gasteiger partial charge < -0.3 is 15.4 Å². The Labute approximate surface area is 99.7 Å². The Kier molecular flexibility index (Phi) is 3.79. The molecule has 2 rings (SSSR count). The van der Waals surface area contributed by atoms with Crippen molar-refractivity contribution < 1.29 is 9.94 Å². The lowest BCUT2D eigenvalue weighted by molar-refractivity contribution is 0.122. The second-order valence-electron chi connectivity index (χ2n) is 3.72. The highest BCUT2D eigenvalue weighted by Crippen LogP contribution is 2.20. The predicted octanol–water partition coefficient (Wildman–Crippen LogP) is 0.448. The highest BCUT2D eigenvalue weighted by atomic mass is 16.5. The zero-order chi connectivity index (χ0) is 12.1. The monoisotopic (exact) mass is 236 g/mol. The molecule has 1 fully saturated rings. The Bertz CT molecular complexity index is 385. The van der Waals surface area contributed by atoms with Gasteiger partial charge in [-0.3, -0.25) is 5.21 Å². The number of anilines is 1. The number of ether oxygens (including phenoxy) is 1. The van der Waals surface area contributed by atoms with Crippen molar-refractivity contribution in [3.63, 3.8) is 0 Å². The lowest BCUT2D eigenvalue weighted by Gasteiger charge is -2.28. The van der Waals surface area contributed by atoms with Gasteiger partial charge in [-0.05, 0) is 24.3 Å². The van der Waals surface area contributed by atoms with E-state index in [1.54, 1.807) is 5.48 Å². The van der Waals surface area contributed by atoms with E-state index in [-0.39, 0.29) is 5.96 Å². The van der Waals surface area contributed by atoms with E-state index in [1.807, 2.05) is 24.3 Å². The van der Waals surface area contributed by atoms with E-state index >= 15 is 0 Å². The van der Waals surface area contributed by atoms with Gasteiger partial charge in [-0.15, -0.1) is 0 Å². The van der Waals surface area contributed by atoms with Gasteiger partial charge in [0.25, 0.3) is 0 Å². The number of aliphatic imine (C=N–C) groups is 1. The zero-order valence-corrected chi connectivity index (χ0v) is 9.47. The van der Waals surface area contributed by atoms with E-state index in [2.05, 4.69) is 9.89 Å². The molecule has 1 aliphatic heterocycles. The molecule has 0 spiro atoms. The SMILES string of the molecule is NC(=Nc1ccc(N2CCOCC2)cc1)NO. The molecular formula is C11H16N4O2. The number of nitrogens with zero attached hydrogens (tertiary/aromatic N) is 2. The Hall–Kier alpha value is -1.79. The first-order valence-electron chi connectivity index (χ1n) is 5.46. The van der Waals surface area contributed by atoms with Gasteiger partial charge in [0.1, 0.15) is 0 Å². The molecule has 0 aromatic heterocycles. The van der Waals surface area contributed by atoms with Crippen LogP contribution >= 0.6 is 0 Å². The van der Waals surface area contributed by atoms with Crippen LogP contribution in [-0.2, 0) is 4.74 Å². The molecule has 1 heterocycles. The minimum Gasteiger partial charge on any atom is -0.378 e. The van der Waals surface area contributed by atoms with Gasteiger partial charge in [0.15, 0.2) is 0 Å². The molecule has 1 aliphatic rings. The molecule has 0 aliphatic carbocycles. The first-order valence-corrected chi connectivity index (χ1v) is 5.46. The summed E-state index contributed by atoms with van der Waals surface area (Å²) in [7, 11) is 0. The minimum absolute atomic E-state index is 0.0240. The van der Waals surface area contributed by atoms with Crippen molar-refractivity contribution in [1.29, 1.82) is 0 Å². The van der Waals surface area contributed by atoms with E-state index < -0.39 is 0 Å². The van der Waals surface area contributed by atoms with Crippen LogP contribution in [0.1, 0.15) is 0 Å². The normalized spacial score (nSPS) is 17.0.